The maximum absolute atomic E-state index is 11.0. The summed E-state index contributed by atoms with van der Waals surface area (Å²) in [6.45, 7) is 8.63. The lowest BCUT2D eigenvalue weighted by Crippen LogP contribution is -2.52. The first kappa shape index (κ1) is 14.0. The van der Waals surface area contributed by atoms with E-state index in [2.05, 4.69) is 25.7 Å². The van der Waals surface area contributed by atoms with Gasteiger partial charge >= 0.3 is 5.97 Å². The van der Waals surface area contributed by atoms with Crippen LogP contribution in [0.2, 0.25) is 0 Å². The Bertz CT molecular complexity index is 470. The normalized spacial score (nSPS) is 23.2. The van der Waals surface area contributed by atoms with Crippen LogP contribution in [0.3, 0.4) is 0 Å². The lowest BCUT2D eigenvalue weighted by Gasteiger charge is -2.42. The van der Waals surface area contributed by atoms with Crippen molar-refractivity contribution < 1.29 is 14.6 Å². The second kappa shape index (κ2) is 5.31. The molecule has 1 N–H and O–H groups in total. The molecular formula is C15H21NO3. The van der Waals surface area contributed by atoms with E-state index in [9.17, 15) is 4.79 Å². The first-order valence-corrected chi connectivity index (χ1v) is 6.58. The summed E-state index contributed by atoms with van der Waals surface area (Å²) in [4.78, 5) is 13.3. The molecule has 0 aliphatic carbocycles. The van der Waals surface area contributed by atoms with Crippen molar-refractivity contribution in [2.45, 2.75) is 39.0 Å². The quantitative estimate of drug-likeness (QED) is 0.909. The van der Waals surface area contributed by atoms with Gasteiger partial charge in [-0.15, -0.1) is 0 Å². The molecule has 1 aliphatic heterocycles. The first-order chi connectivity index (χ1) is 8.87. The van der Waals surface area contributed by atoms with Crippen LogP contribution in [0.5, 0.6) is 0 Å². The fraction of sp³-hybridized carbons (Fsp3) is 0.533. The van der Waals surface area contributed by atoms with Gasteiger partial charge in [0.25, 0.3) is 0 Å². The third-order valence-electron chi connectivity index (χ3n) is 3.48. The highest BCUT2D eigenvalue weighted by Gasteiger charge is 2.31. The smallest absolute Gasteiger partial charge is 0.335 e. The molecule has 19 heavy (non-hydrogen) atoms. The predicted octanol–water partition coefficient (Wildman–Crippen LogP) is 2.38. The lowest BCUT2D eigenvalue weighted by molar-refractivity contribution is -0.113. The number of hydrogen-bond donors (Lipinski definition) is 1. The molecule has 0 amide bonds. The third-order valence-corrected chi connectivity index (χ3v) is 3.48. The summed E-state index contributed by atoms with van der Waals surface area (Å²) in [5.74, 6) is -0.878. The Balaban J connectivity index is 2.11. The fourth-order valence-corrected chi connectivity index (χ4v) is 2.39. The number of carboxylic acids is 1. The number of aromatic carboxylic acids is 1. The molecule has 1 aromatic rings. The molecule has 1 heterocycles. The fourth-order valence-electron chi connectivity index (χ4n) is 2.39. The van der Waals surface area contributed by atoms with E-state index in [1.807, 2.05) is 6.07 Å². The number of carboxylic acid groups (broad SMARTS) is 1. The molecule has 2 rings (SSSR count). The molecule has 1 saturated heterocycles. The van der Waals surface area contributed by atoms with Crippen LogP contribution in [0.4, 0.5) is 0 Å². The average Bonchev–Trinajstić information content (AvgIpc) is 2.34. The molecule has 104 valence electrons. The zero-order valence-electron chi connectivity index (χ0n) is 11.7. The minimum atomic E-state index is -0.878. The van der Waals surface area contributed by atoms with Crippen LogP contribution < -0.4 is 0 Å². The average molecular weight is 263 g/mol. The molecule has 1 aliphatic rings. The maximum atomic E-state index is 11.0. The summed E-state index contributed by atoms with van der Waals surface area (Å²) in [5.41, 5.74) is 1.24. The van der Waals surface area contributed by atoms with Crippen molar-refractivity contribution >= 4 is 5.97 Å². The summed E-state index contributed by atoms with van der Waals surface area (Å²) < 4.78 is 5.77. The van der Waals surface area contributed by atoms with Crippen molar-refractivity contribution in [3.63, 3.8) is 0 Å². The highest BCUT2D eigenvalue weighted by Crippen LogP contribution is 2.22. The van der Waals surface area contributed by atoms with Gasteiger partial charge in [0.05, 0.1) is 17.8 Å². The Morgan fingerprint density at radius 2 is 2.26 bits per heavy atom. The van der Waals surface area contributed by atoms with Gasteiger partial charge in [0.15, 0.2) is 0 Å². The van der Waals surface area contributed by atoms with Crippen LogP contribution >= 0.6 is 0 Å². The molecule has 0 spiro atoms. The lowest BCUT2D eigenvalue weighted by atomic mass is 10.0. The van der Waals surface area contributed by atoms with E-state index < -0.39 is 5.97 Å². The molecule has 4 heteroatoms. The Labute approximate surface area is 114 Å². The highest BCUT2D eigenvalue weighted by molar-refractivity contribution is 5.87. The van der Waals surface area contributed by atoms with E-state index in [0.29, 0.717) is 18.2 Å². The van der Waals surface area contributed by atoms with Gasteiger partial charge in [-0.05, 0) is 38.5 Å². The van der Waals surface area contributed by atoms with Crippen molar-refractivity contribution in [1.29, 1.82) is 0 Å². The Morgan fingerprint density at radius 1 is 1.53 bits per heavy atom. The molecule has 1 fully saturated rings. The minimum absolute atomic E-state index is 0.142. The van der Waals surface area contributed by atoms with E-state index in [0.717, 1.165) is 18.7 Å². The summed E-state index contributed by atoms with van der Waals surface area (Å²) in [6, 6.07) is 7.49. The number of nitrogens with zero attached hydrogens (tertiary/aromatic N) is 1. The van der Waals surface area contributed by atoms with Gasteiger partial charge in [0, 0.05) is 19.1 Å². The maximum Gasteiger partial charge on any atom is 0.335 e. The minimum Gasteiger partial charge on any atom is -0.478 e. The molecular weight excluding hydrogens is 242 g/mol. The van der Waals surface area contributed by atoms with Crippen LogP contribution in [-0.2, 0) is 11.3 Å². The van der Waals surface area contributed by atoms with Crippen LogP contribution in [0.15, 0.2) is 24.3 Å². The van der Waals surface area contributed by atoms with Gasteiger partial charge in [-0.2, -0.15) is 0 Å². The van der Waals surface area contributed by atoms with Crippen molar-refractivity contribution in [1.82, 2.24) is 4.90 Å². The molecule has 0 bridgehead atoms. The van der Waals surface area contributed by atoms with Crippen molar-refractivity contribution in [3.05, 3.63) is 35.4 Å². The summed E-state index contributed by atoms with van der Waals surface area (Å²) in [7, 11) is 0. The van der Waals surface area contributed by atoms with Gasteiger partial charge in [-0.1, -0.05) is 12.1 Å². The second-order valence-corrected chi connectivity index (χ2v) is 5.83. The molecule has 0 aromatic heterocycles. The van der Waals surface area contributed by atoms with Gasteiger partial charge in [0.1, 0.15) is 0 Å². The van der Waals surface area contributed by atoms with E-state index in [4.69, 9.17) is 9.84 Å². The van der Waals surface area contributed by atoms with Gasteiger partial charge in [-0.3, -0.25) is 4.90 Å². The van der Waals surface area contributed by atoms with Crippen molar-refractivity contribution in [2.75, 3.05) is 13.2 Å². The SMILES string of the molecule is C[C@H]1COC(C)(C)CN1Cc1cccc(C(=O)O)c1. The van der Waals surface area contributed by atoms with Gasteiger partial charge < -0.3 is 9.84 Å². The predicted molar refractivity (Wildman–Crippen MR) is 73.3 cm³/mol. The zero-order valence-corrected chi connectivity index (χ0v) is 11.7. The Hall–Kier alpha value is -1.39. The molecule has 0 radical (unpaired) electrons. The molecule has 4 nitrogen and oxygen atoms in total. The van der Waals surface area contributed by atoms with E-state index in [-0.39, 0.29) is 5.60 Å². The summed E-state index contributed by atoms with van der Waals surface area (Å²) in [6.07, 6.45) is 0. The largest absolute Gasteiger partial charge is 0.478 e. The van der Waals surface area contributed by atoms with E-state index in [1.54, 1.807) is 18.2 Å². The number of benzene rings is 1. The Morgan fingerprint density at radius 3 is 2.95 bits per heavy atom. The molecule has 1 atom stereocenters. The van der Waals surface area contributed by atoms with Crippen molar-refractivity contribution in [3.8, 4) is 0 Å². The number of morpholine rings is 1. The van der Waals surface area contributed by atoms with E-state index in [1.165, 1.54) is 0 Å². The summed E-state index contributed by atoms with van der Waals surface area (Å²) in [5, 5.41) is 9.02. The third kappa shape index (κ3) is 3.55. The standard InChI is InChI=1S/C15H21NO3/c1-11-9-19-15(2,3)10-16(11)8-12-5-4-6-13(7-12)14(17)18/h4-7,11H,8-10H2,1-3H3,(H,17,18)/t11-/m0/s1. The van der Waals surface area contributed by atoms with Crippen LogP contribution in [-0.4, -0.2) is 40.8 Å². The second-order valence-electron chi connectivity index (χ2n) is 5.83. The highest BCUT2D eigenvalue weighted by atomic mass is 16.5. The van der Waals surface area contributed by atoms with Crippen LogP contribution in [0, 0.1) is 0 Å². The zero-order chi connectivity index (χ0) is 14.0. The first-order valence-electron chi connectivity index (χ1n) is 6.58. The number of hydrogen-bond acceptors (Lipinski definition) is 3. The monoisotopic (exact) mass is 263 g/mol. The van der Waals surface area contributed by atoms with Crippen LogP contribution in [0.1, 0.15) is 36.7 Å². The van der Waals surface area contributed by atoms with Gasteiger partial charge in [0.2, 0.25) is 0 Å². The van der Waals surface area contributed by atoms with Crippen molar-refractivity contribution in [2.24, 2.45) is 0 Å². The number of rotatable bonds is 3. The summed E-state index contributed by atoms with van der Waals surface area (Å²) >= 11 is 0. The van der Waals surface area contributed by atoms with E-state index >= 15 is 0 Å². The topological polar surface area (TPSA) is 49.8 Å². The molecule has 1 aromatic carbocycles. The van der Waals surface area contributed by atoms with Gasteiger partial charge in [-0.25, -0.2) is 4.79 Å². The molecule has 0 unspecified atom stereocenters. The number of carbonyl (C=O) groups is 1. The molecule has 0 saturated carbocycles. The van der Waals surface area contributed by atoms with Crippen LogP contribution in [0.25, 0.3) is 0 Å². The number of ether oxygens (including phenoxy) is 1. The Kier molecular flexibility index (Phi) is 3.92.